The average Bonchev–Trinajstić information content (AvgIpc) is 2.21. The Morgan fingerprint density at radius 1 is 1.33 bits per heavy atom. The summed E-state index contributed by atoms with van der Waals surface area (Å²) in [7, 11) is 0. The van der Waals surface area contributed by atoms with Gasteiger partial charge in [0.05, 0.1) is 11.5 Å². The Bertz CT molecular complexity index is 191. The van der Waals surface area contributed by atoms with Crippen molar-refractivity contribution >= 4 is 0 Å². The Kier molecular flexibility index (Phi) is 7.42. The summed E-state index contributed by atoms with van der Waals surface area (Å²) in [6.07, 6.45) is 5.91. The molecular weight excluding hydrogens is 184 g/mol. The maximum atomic E-state index is 8.85. The van der Waals surface area contributed by atoms with Crippen LogP contribution >= 0.6 is 0 Å². The molecule has 1 unspecified atom stereocenters. The van der Waals surface area contributed by atoms with Gasteiger partial charge in [-0.1, -0.05) is 19.8 Å². The molecule has 0 aliphatic carbocycles. The molecule has 0 fully saturated rings. The molecule has 0 rings (SSSR count). The van der Waals surface area contributed by atoms with Crippen molar-refractivity contribution in [2.45, 2.75) is 65.8 Å². The summed E-state index contributed by atoms with van der Waals surface area (Å²) in [6.45, 7) is 9.52. The third kappa shape index (κ3) is 8.44. The molecule has 0 saturated carbocycles. The molecule has 2 nitrogen and oxygen atoms in total. The Morgan fingerprint density at radius 3 is 2.53 bits per heavy atom. The highest BCUT2D eigenvalue weighted by Crippen LogP contribution is 2.19. The fourth-order valence-electron chi connectivity index (χ4n) is 1.55. The molecule has 88 valence electrons. The highest BCUT2D eigenvalue weighted by molar-refractivity contribution is 4.91. The number of nitrogens with one attached hydrogen (secondary N) is 1. The maximum absolute atomic E-state index is 8.85. The summed E-state index contributed by atoms with van der Waals surface area (Å²) in [5.74, 6) is 0. The molecule has 0 saturated heterocycles. The second kappa shape index (κ2) is 7.70. The zero-order chi connectivity index (χ0) is 11.7. The second-order valence-electron chi connectivity index (χ2n) is 5.10. The van der Waals surface area contributed by atoms with Crippen LogP contribution in [0, 0.1) is 16.7 Å². The number of unbranched alkanes of at least 4 members (excludes halogenated alkanes) is 1. The highest BCUT2D eigenvalue weighted by Gasteiger charge is 2.15. The average molecular weight is 210 g/mol. The van der Waals surface area contributed by atoms with E-state index in [2.05, 4.69) is 25.2 Å². The molecule has 0 spiro atoms. The van der Waals surface area contributed by atoms with E-state index >= 15 is 0 Å². The summed E-state index contributed by atoms with van der Waals surface area (Å²) in [6, 6.07) is 2.96. The molecule has 0 heterocycles. The lowest BCUT2D eigenvalue weighted by atomic mass is 9.90. The standard InChI is InChI=1S/C13H26N2/c1-5-6-8-12(2)15-10-7-9-13(3,4)11-14/h12,15H,5-10H2,1-4H3. The monoisotopic (exact) mass is 210 g/mol. The Balaban J connectivity index is 3.43. The van der Waals surface area contributed by atoms with Crippen LogP contribution in [0.15, 0.2) is 0 Å². The van der Waals surface area contributed by atoms with Gasteiger partial charge in [-0.3, -0.25) is 0 Å². The van der Waals surface area contributed by atoms with Gasteiger partial charge in [0.1, 0.15) is 0 Å². The summed E-state index contributed by atoms with van der Waals surface area (Å²) < 4.78 is 0. The summed E-state index contributed by atoms with van der Waals surface area (Å²) >= 11 is 0. The largest absolute Gasteiger partial charge is 0.314 e. The lowest BCUT2D eigenvalue weighted by Crippen LogP contribution is -2.27. The first-order chi connectivity index (χ1) is 7.02. The highest BCUT2D eigenvalue weighted by atomic mass is 14.9. The van der Waals surface area contributed by atoms with Crippen molar-refractivity contribution in [2.75, 3.05) is 6.54 Å². The molecule has 0 aromatic rings. The van der Waals surface area contributed by atoms with Crippen molar-refractivity contribution < 1.29 is 0 Å². The van der Waals surface area contributed by atoms with Gasteiger partial charge in [-0.05, 0) is 46.6 Å². The van der Waals surface area contributed by atoms with E-state index < -0.39 is 0 Å². The van der Waals surface area contributed by atoms with Gasteiger partial charge in [0.25, 0.3) is 0 Å². The lowest BCUT2D eigenvalue weighted by Gasteiger charge is -2.17. The van der Waals surface area contributed by atoms with Gasteiger partial charge in [0.15, 0.2) is 0 Å². The van der Waals surface area contributed by atoms with Gasteiger partial charge >= 0.3 is 0 Å². The molecule has 0 aromatic heterocycles. The molecule has 0 bridgehead atoms. The van der Waals surface area contributed by atoms with Crippen LogP contribution in [0.3, 0.4) is 0 Å². The topological polar surface area (TPSA) is 35.8 Å². The van der Waals surface area contributed by atoms with Gasteiger partial charge in [0, 0.05) is 6.04 Å². The van der Waals surface area contributed by atoms with E-state index in [0.717, 1.165) is 19.4 Å². The molecule has 0 aromatic carbocycles. The quantitative estimate of drug-likeness (QED) is 0.623. The van der Waals surface area contributed by atoms with Crippen molar-refractivity contribution in [3.63, 3.8) is 0 Å². The van der Waals surface area contributed by atoms with E-state index in [1.54, 1.807) is 0 Å². The molecule has 1 N–H and O–H groups in total. The number of hydrogen-bond acceptors (Lipinski definition) is 2. The number of nitrogens with zero attached hydrogens (tertiary/aromatic N) is 1. The fraction of sp³-hybridized carbons (Fsp3) is 0.923. The van der Waals surface area contributed by atoms with Crippen molar-refractivity contribution in [1.82, 2.24) is 5.32 Å². The third-order valence-corrected chi connectivity index (χ3v) is 2.76. The van der Waals surface area contributed by atoms with E-state index in [-0.39, 0.29) is 5.41 Å². The minimum atomic E-state index is -0.158. The van der Waals surface area contributed by atoms with Crippen LogP contribution in [0.1, 0.15) is 59.8 Å². The van der Waals surface area contributed by atoms with Crippen LogP contribution in [-0.2, 0) is 0 Å². The van der Waals surface area contributed by atoms with Crippen LogP contribution in [0.25, 0.3) is 0 Å². The van der Waals surface area contributed by atoms with Gasteiger partial charge in [0.2, 0.25) is 0 Å². The van der Waals surface area contributed by atoms with E-state index in [4.69, 9.17) is 5.26 Å². The predicted octanol–water partition coefficient (Wildman–Crippen LogP) is 3.48. The molecular formula is C13H26N2. The SMILES string of the molecule is CCCCC(C)NCCCC(C)(C)C#N. The van der Waals surface area contributed by atoms with Crippen molar-refractivity contribution in [3.05, 3.63) is 0 Å². The van der Waals surface area contributed by atoms with E-state index in [1.165, 1.54) is 19.3 Å². The zero-order valence-electron chi connectivity index (χ0n) is 10.8. The summed E-state index contributed by atoms with van der Waals surface area (Å²) in [5, 5.41) is 12.4. The van der Waals surface area contributed by atoms with Crippen LogP contribution in [0.5, 0.6) is 0 Å². The van der Waals surface area contributed by atoms with Crippen LogP contribution in [-0.4, -0.2) is 12.6 Å². The number of nitriles is 1. The zero-order valence-corrected chi connectivity index (χ0v) is 10.8. The Hall–Kier alpha value is -0.550. The molecule has 1 atom stereocenters. The summed E-state index contributed by atoms with van der Waals surface area (Å²) in [4.78, 5) is 0. The third-order valence-electron chi connectivity index (χ3n) is 2.76. The first kappa shape index (κ1) is 14.5. The molecule has 0 radical (unpaired) electrons. The second-order valence-corrected chi connectivity index (χ2v) is 5.10. The van der Waals surface area contributed by atoms with Gasteiger partial charge in [-0.2, -0.15) is 5.26 Å². The van der Waals surface area contributed by atoms with Crippen molar-refractivity contribution in [3.8, 4) is 6.07 Å². The van der Waals surface area contributed by atoms with E-state index in [9.17, 15) is 0 Å². The number of rotatable bonds is 8. The van der Waals surface area contributed by atoms with Crippen LogP contribution < -0.4 is 5.32 Å². The lowest BCUT2D eigenvalue weighted by molar-refractivity contribution is 0.408. The maximum Gasteiger partial charge on any atom is 0.0683 e. The fourth-order valence-corrected chi connectivity index (χ4v) is 1.55. The van der Waals surface area contributed by atoms with Gasteiger partial charge < -0.3 is 5.32 Å². The van der Waals surface area contributed by atoms with Crippen LogP contribution in [0.4, 0.5) is 0 Å². The minimum Gasteiger partial charge on any atom is -0.314 e. The molecule has 2 heteroatoms. The Morgan fingerprint density at radius 2 is 2.00 bits per heavy atom. The van der Waals surface area contributed by atoms with Crippen molar-refractivity contribution in [2.24, 2.45) is 5.41 Å². The smallest absolute Gasteiger partial charge is 0.0683 e. The van der Waals surface area contributed by atoms with E-state index in [1.807, 2.05) is 13.8 Å². The van der Waals surface area contributed by atoms with Gasteiger partial charge in [-0.15, -0.1) is 0 Å². The first-order valence-electron chi connectivity index (χ1n) is 6.16. The molecule has 0 amide bonds. The molecule has 15 heavy (non-hydrogen) atoms. The van der Waals surface area contributed by atoms with Gasteiger partial charge in [-0.25, -0.2) is 0 Å². The van der Waals surface area contributed by atoms with Crippen molar-refractivity contribution in [1.29, 1.82) is 5.26 Å². The normalized spacial score (nSPS) is 13.5. The molecule has 0 aliphatic rings. The Labute approximate surface area is 95.1 Å². The predicted molar refractivity (Wildman–Crippen MR) is 65.6 cm³/mol. The number of hydrogen-bond donors (Lipinski definition) is 1. The molecule has 0 aliphatic heterocycles. The van der Waals surface area contributed by atoms with E-state index in [0.29, 0.717) is 6.04 Å². The first-order valence-corrected chi connectivity index (χ1v) is 6.16. The summed E-state index contributed by atoms with van der Waals surface area (Å²) in [5.41, 5.74) is -0.158. The van der Waals surface area contributed by atoms with Crippen LogP contribution in [0.2, 0.25) is 0 Å². The minimum absolute atomic E-state index is 0.158.